The molecule has 0 saturated carbocycles. The number of ether oxygens (including phenoxy) is 3. The average molecular weight is 916 g/mol. The Morgan fingerprint density at radius 1 is 0.292 bits per heavy atom. The summed E-state index contributed by atoms with van der Waals surface area (Å²) in [4.78, 5) is 38.1. The first kappa shape index (κ1) is 62.9. The molecule has 0 N–H and O–H groups in total. The van der Waals surface area contributed by atoms with Crippen molar-refractivity contribution < 1.29 is 28.6 Å². The second-order valence-electron chi connectivity index (χ2n) is 19.6. The minimum absolute atomic E-state index is 0.0730. The van der Waals surface area contributed by atoms with Crippen LogP contribution in [0.15, 0.2) is 24.3 Å². The fourth-order valence-corrected chi connectivity index (χ4v) is 8.55. The summed E-state index contributed by atoms with van der Waals surface area (Å²) in [5, 5.41) is 0. The lowest BCUT2D eigenvalue weighted by Gasteiger charge is -2.18. The van der Waals surface area contributed by atoms with Crippen LogP contribution in [0.3, 0.4) is 0 Å². The molecule has 0 aromatic rings. The van der Waals surface area contributed by atoms with Crippen LogP contribution in [-0.4, -0.2) is 37.2 Å². The lowest BCUT2D eigenvalue weighted by atomic mass is 10.0. The van der Waals surface area contributed by atoms with Crippen molar-refractivity contribution in [2.45, 2.75) is 322 Å². The van der Waals surface area contributed by atoms with Gasteiger partial charge in [0.2, 0.25) is 0 Å². The highest BCUT2D eigenvalue weighted by Crippen LogP contribution is 2.17. The first-order valence-electron chi connectivity index (χ1n) is 28.8. The number of hydrogen-bond acceptors (Lipinski definition) is 6. The van der Waals surface area contributed by atoms with E-state index < -0.39 is 6.10 Å². The first-order valence-corrected chi connectivity index (χ1v) is 28.8. The van der Waals surface area contributed by atoms with Gasteiger partial charge in [-0.1, -0.05) is 251 Å². The van der Waals surface area contributed by atoms with Crippen molar-refractivity contribution in [2.75, 3.05) is 13.2 Å². The second-order valence-corrected chi connectivity index (χ2v) is 19.6. The Balaban J connectivity index is 4.26. The van der Waals surface area contributed by atoms with Gasteiger partial charge in [0.15, 0.2) is 6.10 Å². The summed E-state index contributed by atoms with van der Waals surface area (Å²) in [5.41, 5.74) is 0. The molecule has 0 aliphatic carbocycles. The van der Waals surface area contributed by atoms with E-state index in [4.69, 9.17) is 14.2 Å². The van der Waals surface area contributed by atoms with E-state index in [1.54, 1.807) is 0 Å². The van der Waals surface area contributed by atoms with Gasteiger partial charge in [0.1, 0.15) is 13.2 Å². The summed E-state index contributed by atoms with van der Waals surface area (Å²) < 4.78 is 16.8. The van der Waals surface area contributed by atoms with Crippen LogP contribution in [0.5, 0.6) is 0 Å². The number of carbonyl (C=O) groups excluding carboxylic acids is 3. The molecule has 0 aromatic carbocycles. The Bertz CT molecular complexity index is 1050. The number of rotatable bonds is 53. The van der Waals surface area contributed by atoms with Gasteiger partial charge < -0.3 is 14.2 Å². The molecule has 0 bridgehead atoms. The Morgan fingerprint density at radius 2 is 0.508 bits per heavy atom. The third-order valence-corrected chi connectivity index (χ3v) is 12.9. The van der Waals surface area contributed by atoms with Crippen LogP contribution < -0.4 is 0 Å². The molecule has 1 unspecified atom stereocenters. The average Bonchev–Trinajstić information content (AvgIpc) is 3.30. The molecule has 1 atom stereocenters. The highest BCUT2D eigenvalue weighted by atomic mass is 16.6. The van der Waals surface area contributed by atoms with E-state index in [2.05, 4.69) is 45.1 Å². The first-order chi connectivity index (χ1) is 32.0. The lowest BCUT2D eigenvalue weighted by molar-refractivity contribution is -0.167. The van der Waals surface area contributed by atoms with Gasteiger partial charge in [-0.2, -0.15) is 0 Å². The quantitative estimate of drug-likeness (QED) is 0.0262. The van der Waals surface area contributed by atoms with Crippen molar-refractivity contribution in [1.29, 1.82) is 0 Å². The number of hydrogen-bond donors (Lipinski definition) is 0. The molecule has 0 aromatic heterocycles. The third-order valence-electron chi connectivity index (χ3n) is 12.9. The van der Waals surface area contributed by atoms with E-state index in [-0.39, 0.29) is 31.1 Å². The van der Waals surface area contributed by atoms with Gasteiger partial charge in [0.25, 0.3) is 0 Å². The van der Waals surface area contributed by atoms with Gasteiger partial charge in [0, 0.05) is 19.3 Å². The Kier molecular flexibility index (Phi) is 52.7. The monoisotopic (exact) mass is 915 g/mol. The zero-order valence-electron chi connectivity index (χ0n) is 43.8. The molecule has 0 aliphatic rings. The minimum atomic E-state index is -0.774. The number of unbranched alkanes of at least 4 members (excludes halogenated alkanes) is 38. The molecule has 0 radical (unpaired) electrons. The zero-order valence-corrected chi connectivity index (χ0v) is 43.8. The molecule has 0 rings (SSSR count). The molecular weight excluding hydrogens is 805 g/mol. The SMILES string of the molecule is CCCCCC/C=C\CCCCCCCC(=O)OCC(COC(=O)CCCCCCCCCCCCCCCCCCCCCCC)OC(=O)CCCCCCC/C=C\CCCCCC. The molecule has 382 valence electrons. The highest BCUT2D eigenvalue weighted by Gasteiger charge is 2.19. The van der Waals surface area contributed by atoms with Crippen LogP contribution in [0.1, 0.15) is 316 Å². The summed E-state index contributed by atoms with van der Waals surface area (Å²) in [7, 11) is 0. The van der Waals surface area contributed by atoms with Gasteiger partial charge in [-0.15, -0.1) is 0 Å². The second kappa shape index (κ2) is 54.5. The maximum absolute atomic E-state index is 12.8. The summed E-state index contributed by atoms with van der Waals surface area (Å²) >= 11 is 0. The van der Waals surface area contributed by atoms with Crippen molar-refractivity contribution in [3.8, 4) is 0 Å². The maximum Gasteiger partial charge on any atom is 0.306 e. The van der Waals surface area contributed by atoms with Gasteiger partial charge in [0.05, 0.1) is 0 Å². The molecule has 0 aliphatic heterocycles. The van der Waals surface area contributed by atoms with Crippen molar-refractivity contribution >= 4 is 17.9 Å². The molecule has 65 heavy (non-hydrogen) atoms. The van der Waals surface area contributed by atoms with Crippen LogP contribution >= 0.6 is 0 Å². The van der Waals surface area contributed by atoms with Gasteiger partial charge in [-0.05, 0) is 70.6 Å². The van der Waals surface area contributed by atoms with Gasteiger partial charge in [-0.3, -0.25) is 14.4 Å². The predicted octanol–water partition coefficient (Wildman–Crippen LogP) is 19.1. The third kappa shape index (κ3) is 52.7. The number of carbonyl (C=O) groups is 3. The summed E-state index contributed by atoms with van der Waals surface area (Å²) in [5.74, 6) is -0.873. The summed E-state index contributed by atoms with van der Waals surface area (Å²) in [6, 6.07) is 0. The van der Waals surface area contributed by atoms with E-state index in [1.165, 1.54) is 205 Å². The summed E-state index contributed by atoms with van der Waals surface area (Å²) in [6.07, 6.45) is 63.2. The Morgan fingerprint density at radius 3 is 0.785 bits per heavy atom. The molecule has 6 heteroatoms. The van der Waals surface area contributed by atoms with E-state index in [9.17, 15) is 14.4 Å². The Labute approximate surface area is 404 Å². The van der Waals surface area contributed by atoms with Crippen LogP contribution in [-0.2, 0) is 28.6 Å². The van der Waals surface area contributed by atoms with Crippen LogP contribution in [0.2, 0.25) is 0 Å². The molecule has 6 nitrogen and oxygen atoms in total. The van der Waals surface area contributed by atoms with E-state index in [0.717, 1.165) is 70.6 Å². The number of esters is 3. The van der Waals surface area contributed by atoms with Crippen LogP contribution in [0, 0.1) is 0 Å². The molecule has 0 fully saturated rings. The van der Waals surface area contributed by atoms with E-state index in [1.807, 2.05) is 0 Å². The van der Waals surface area contributed by atoms with Gasteiger partial charge in [-0.25, -0.2) is 0 Å². The summed E-state index contributed by atoms with van der Waals surface area (Å²) in [6.45, 7) is 6.64. The molecule has 0 heterocycles. The smallest absolute Gasteiger partial charge is 0.306 e. The fraction of sp³-hybridized carbons (Fsp3) is 0.881. The van der Waals surface area contributed by atoms with E-state index >= 15 is 0 Å². The maximum atomic E-state index is 12.8. The normalized spacial score (nSPS) is 12.1. The van der Waals surface area contributed by atoms with Crippen molar-refractivity contribution in [3.05, 3.63) is 24.3 Å². The Hall–Kier alpha value is -2.11. The molecule has 0 amide bonds. The van der Waals surface area contributed by atoms with Crippen molar-refractivity contribution in [1.82, 2.24) is 0 Å². The topological polar surface area (TPSA) is 78.9 Å². The zero-order chi connectivity index (χ0) is 47.2. The minimum Gasteiger partial charge on any atom is -0.462 e. The van der Waals surface area contributed by atoms with Crippen LogP contribution in [0.4, 0.5) is 0 Å². The lowest BCUT2D eigenvalue weighted by Crippen LogP contribution is -2.30. The number of allylic oxidation sites excluding steroid dienone is 4. The standard InChI is InChI=1S/C59H110O6/c1-4-7-10-13-16-19-22-25-26-27-28-29-30-31-32-35-37-40-43-46-49-52-58(61)64-55-56(65-59(62)53-50-47-44-41-38-34-24-21-18-15-12-9-6-3)54-63-57(60)51-48-45-42-39-36-33-23-20-17-14-11-8-5-2/h20-21,23-24,56H,4-19,22,25-55H2,1-3H3/b23-20-,24-21-. The van der Waals surface area contributed by atoms with Crippen molar-refractivity contribution in [3.63, 3.8) is 0 Å². The molecular formula is C59H110O6. The van der Waals surface area contributed by atoms with Crippen LogP contribution in [0.25, 0.3) is 0 Å². The van der Waals surface area contributed by atoms with Gasteiger partial charge >= 0.3 is 17.9 Å². The predicted molar refractivity (Wildman–Crippen MR) is 279 cm³/mol. The molecule has 0 spiro atoms. The van der Waals surface area contributed by atoms with E-state index in [0.29, 0.717) is 19.3 Å². The highest BCUT2D eigenvalue weighted by molar-refractivity contribution is 5.71. The van der Waals surface area contributed by atoms with Crippen molar-refractivity contribution in [2.24, 2.45) is 0 Å². The largest absolute Gasteiger partial charge is 0.462 e. The fourth-order valence-electron chi connectivity index (χ4n) is 8.55. The molecule has 0 saturated heterocycles.